The monoisotopic (exact) mass is 607 g/mol. The molecule has 46 heavy (non-hydrogen) atoms. The predicted molar refractivity (Wildman–Crippen MR) is 172 cm³/mol. The molecule has 0 aliphatic carbocycles. The Hall–Kier alpha value is -6.49. The molecule has 0 unspecified atom stereocenters. The Morgan fingerprint density at radius 2 is 1.35 bits per heavy atom. The summed E-state index contributed by atoms with van der Waals surface area (Å²) in [6.07, 6.45) is 11.5. The maximum absolute atomic E-state index is 12.9. The fraction of sp³-hybridized carbons (Fsp3) is 0.0571. The van der Waals surface area contributed by atoms with Crippen molar-refractivity contribution in [2.45, 2.75) is 13.5 Å². The number of carbonyl (C=O) groups is 2. The topological polar surface area (TPSA) is 153 Å². The first-order valence-corrected chi connectivity index (χ1v) is 14.2. The van der Waals surface area contributed by atoms with E-state index in [1.54, 1.807) is 36.5 Å². The number of aryl methyl sites for hydroxylation is 1. The van der Waals surface area contributed by atoms with Gasteiger partial charge in [0.1, 0.15) is 11.4 Å². The van der Waals surface area contributed by atoms with Crippen LogP contribution in [-0.2, 0) is 6.54 Å². The number of ketones is 2. The molecule has 0 spiro atoms. The van der Waals surface area contributed by atoms with Gasteiger partial charge in [0.15, 0.2) is 0 Å². The van der Waals surface area contributed by atoms with Crippen LogP contribution in [0.4, 0.5) is 0 Å². The first kappa shape index (κ1) is 29.6. The quantitative estimate of drug-likeness (QED) is 0.272. The van der Waals surface area contributed by atoms with Crippen molar-refractivity contribution in [3.05, 3.63) is 171 Å². The minimum atomic E-state index is -0.440. The van der Waals surface area contributed by atoms with E-state index in [1.807, 2.05) is 47.9 Å². The standard InChI is InChI=1S/C21H16N4O2.C14H9N3O2/c1-14-5-4-6-15(24-14)12-25-13-17(21(27)18-11-22-9-10-23-18)20(26)16-7-2-3-8-19(16)25;18-13-9-3-1-2-4-11(9)17-7-10(13)14(19)12-8-15-5-6-16-12/h2-11,13H,12H2,1H3;1-8H,(H,17,18). The number of carbonyl (C=O) groups excluding carboxylic acids is 2. The third-order valence-electron chi connectivity index (χ3n) is 7.14. The molecule has 5 aromatic heterocycles. The first-order valence-electron chi connectivity index (χ1n) is 14.2. The van der Waals surface area contributed by atoms with E-state index < -0.39 is 11.6 Å². The highest BCUT2D eigenvalue weighted by Crippen LogP contribution is 2.15. The zero-order valence-electron chi connectivity index (χ0n) is 24.5. The molecule has 0 amide bonds. The number of para-hydroxylation sites is 2. The summed E-state index contributed by atoms with van der Waals surface area (Å²) in [6.45, 7) is 2.37. The number of H-pyrrole nitrogens is 1. The zero-order valence-corrected chi connectivity index (χ0v) is 24.5. The van der Waals surface area contributed by atoms with Crippen LogP contribution in [-0.4, -0.2) is 46.0 Å². The van der Waals surface area contributed by atoms with Crippen LogP contribution in [0, 0.1) is 6.92 Å². The van der Waals surface area contributed by atoms with E-state index in [9.17, 15) is 19.2 Å². The third-order valence-corrected chi connectivity index (χ3v) is 7.14. The highest BCUT2D eigenvalue weighted by Gasteiger charge is 2.19. The molecule has 5 heterocycles. The number of fused-ring (bicyclic) bond motifs is 2. The molecule has 0 radical (unpaired) electrons. The van der Waals surface area contributed by atoms with Crippen molar-refractivity contribution < 1.29 is 9.59 Å². The van der Waals surface area contributed by atoms with Crippen molar-refractivity contribution in [3.63, 3.8) is 0 Å². The lowest BCUT2D eigenvalue weighted by Gasteiger charge is -2.13. The Balaban J connectivity index is 0.000000172. The van der Waals surface area contributed by atoms with Gasteiger partial charge in [-0.3, -0.25) is 34.1 Å². The van der Waals surface area contributed by atoms with Gasteiger partial charge in [-0.1, -0.05) is 30.3 Å². The zero-order chi connectivity index (χ0) is 32.0. The van der Waals surface area contributed by atoms with Crippen molar-refractivity contribution in [1.29, 1.82) is 0 Å². The fourth-order valence-electron chi connectivity index (χ4n) is 4.94. The minimum Gasteiger partial charge on any atom is -0.360 e. The molecule has 7 aromatic rings. The van der Waals surface area contributed by atoms with E-state index in [4.69, 9.17) is 0 Å². The summed E-state index contributed by atoms with van der Waals surface area (Å²) in [4.78, 5) is 73.3. The Morgan fingerprint density at radius 1 is 0.717 bits per heavy atom. The lowest BCUT2D eigenvalue weighted by Crippen LogP contribution is -2.21. The van der Waals surface area contributed by atoms with Crippen LogP contribution in [0.5, 0.6) is 0 Å². The normalized spacial score (nSPS) is 10.7. The maximum Gasteiger partial charge on any atom is 0.218 e. The van der Waals surface area contributed by atoms with Crippen molar-refractivity contribution in [2.75, 3.05) is 0 Å². The van der Waals surface area contributed by atoms with Crippen molar-refractivity contribution in [1.82, 2.24) is 34.5 Å². The molecule has 0 fully saturated rings. The average molecular weight is 608 g/mol. The number of nitrogens with zero attached hydrogens (tertiary/aromatic N) is 6. The number of rotatable bonds is 6. The molecule has 0 aliphatic heterocycles. The molecule has 0 saturated heterocycles. The van der Waals surface area contributed by atoms with Gasteiger partial charge in [-0.15, -0.1) is 0 Å². The molecule has 0 bridgehead atoms. The van der Waals surface area contributed by atoms with Gasteiger partial charge in [0.2, 0.25) is 22.4 Å². The van der Waals surface area contributed by atoms with Gasteiger partial charge in [-0.05, 0) is 43.3 Å². The minimum absolute atomic E-state index is 0.0687. The van der Waals surface area contributed by atoms with Gasteiger partial charge < -0.3 is 9.55 Å². The smallest absolute Gasteiger partial charge is 0.218 e. The van der Waals surface area contributed by atoms with Crippen LogP contribution >= 0.6 is 0 Å². The van der Waals surface area contributed by atoms with E-state index >= 15 is 0 Å². The number of hydrogen-bond donors (Lipinski definition) is 1. The second-order valence-corrected chi connectivity index (χ2v) is 10.2. The van der Waals surface area contributed by atoms with Gasteiger partial charge in [0.05, 0.1) is 41.3 Å². The highest BCUT2D eigenvalue weighted by atomic mass is 16.1. The molecule has 11 heteroatoms. The van der Waals surface area contributed by atoms with E-state index in [0.29, 0.717) is 22.8 Å². The van der Waals surface area contributed by atoms with Crippen molar-refractivity contribution >= 4 is 33.4 Å². The number of nitrogens with one attached hydrogen (secondary N) is 1. The summed E-state index contributed by atoms with van der Waals surface area (Å²) in [7, 11) is 0. The Morgan fingerprint density at radius 3 is 2.02 bits per heavy atom. The Kier molecular flexibility index (Phi) is 8.37. The van der Waals surface area contributed by atoms with Crippen LogP contribution in [0.3, 0.4) is 0 Å². The summed E-state index contributed by atoms with van der Waals surface area (Å²) >= 11 is 0. The van der Waals surface area contributed by atoms with Crippen LogP contribution < -0.4 is 10.9 Å². The molecular formula is C35H25N7O4. The van der Waals surface area contributed by atoms with E-state index in [1.165, 1.54) is 43.4 Å². The van der Waals surface area contributed by atoms with E-state index in [2.05, 4.69) is 29.9 Å². The lowest BCUT2D eigenvalue weighted by atomic mass is 10.1. The SMILES string of the molecule is Cc1cccc(Cn2cc(C(=O)c3cnccn3)c(=O)c3ccccc32)n1.O=C(c1cnccn1)c1c[nH]c2ccccc2c1=O. The lowest BCUT2D eigenvalue weighted by molar-refractivity contribution is 0.102. The van der Waals surface area contributed by atoms with Gasteiger partial charge in [0.25, 0.3) is 0 Å². The average Bonchev–Trinajstić information content (AvgIpc) is 3.10. The molecule has 11 nitrogen and oxygen atoms in total. The molecule has 0 atom stereocenters. The summed E-state index contributed by atoms with van der Waals surface area (Å²) in [5, 5.41) is 0.970. The second-order valence-electron chi connectivity index (χ2n) is 10.2. The number of aromatic nitrogens is 7. The summed E-state index contributed by atoms with van der Waals surface area (Å²) in [5.41, 5.74) is 3.04. The van der Waals surface area contributed by atoms with Crippen LogP contribution in [0.1, 0.15) is 43.5 Å². The molecule has 224 valence electrons. The largest absolute Gasteiger partial charge is 0.360 e. The van der Waals surface area contributed by atoms with Crippen LogP contribution in [0.25, 0.3) is 21.8 Å². The van der Waals surface area contributed by atoms with Crippen LogP contribution in [0.15, 0.2) is 126 Å². The number of benzene rings is 2. The number of aromatic amines is 1. The van der Waals surface area contributed by atoms with Gasteiger partial charge in [0, 0.05) is 59.2 Å². The van der Waals surface area contributed by atoms with Crippen molar-refractivity contribution in [2.24, 2.45) is 0 Å². The van der Waals surface area contributed by atoms with Crippen LogP contribution in [0.2, 0.25) is 0 Å². The second kappa shape index (κ2) is 13.0. The van der Waals surface area contributed by atoms with Crippen molar-refractivity contribution in [3.8, 4) is 0 Å². The Labute approximate surface area is 261 Å². The predicted octanol–water partition coefficient (Wildman–Crippen LogP) is 4.32. The molecule has 0 saturated carbocycles. The summed E-state index contributed by atoms with van der Waals surface area (Å²) in [5.74, 6) is -0.870. The molecule has 2 aromatic carbocycles. The first-order chi connectivity index (χ1) is 22.4. The molecule has 1 N–H and O–H groups in total. The van der Waals surface area contributed by atoms with E-state index in [0.717, 1.165) is 16.9 Å². The van der Waals surface area contributed by atoms with Gasteiger partial charge in [-0.2, -0.15) is 0 Å². The van der Waals surface area contributed by atoms with Gasteiger partial charge in [-0.25, -0.2) is 9.97 Å². The highest BCUT2D eigenvalue weighted by molar-refractivity contribution is 6.09. The molecule has 7 rings (SSSR count). The maximum atomic E-state index is 12.9. The summed E-state index contributed by atoms with van der Waals surface area (Å²) in [6, 6.07) is 20.1. The third kappa shape index (κ3) is 6.10. The Bertz CT molecular complexity index is 2340. The number of pyridine rings is 3. The molecule has 0 aliphatic rings. The molecular weight excluding hydrogens is 582 g/mol. The van der Waals surface area contributed by atoms with E-state index in [-0.39, 0.29) is 33.4 Å². The number of hydrogen-bond acceptors (Lipinski definition) is 9. The fourth-order valence-corrected chi connectivity index (χ4v) is 4.94. The summed E-state index contributed by atoms with van der Waals surface area (Å²) < 4.78 is 1.88. The van der Waals surface area contributed by atoms with Gasteiger partial charge >= 0.3 is 0 Å².